The van der Waals surface area contributed by atoms with E-state index in [9.17, 15) is 0 Å². The smallest absolute Gasteiger partial charge is 0.200 e. The van der Waals surface area contributed by atoms with Gasteiger partial charge >= 0.3 is 0 Å². The van der Waals surface area contributed by atoms with E-state index < -0.39 is 0 Å². The molecule has 0 aliphatic rings. The summed E-state index contributed by atoms with van der Waals surface area (Å²) < 4.78 is 7.72. The first-order valence-electron chi connectivity index (χ1n) is 6.09. The second kappa shape index (κ2) is 5.12. The number of hydrogen-bond donors (Lipinski definition) is 1. The van der Waals surface area contributed by atoms with Gasteiger partial charge in [-0.05, 0) is 32.9 Å². The van der Waals surface area contributed by atoms with Crippen molar-refractivity contribution < 1.29 is 4.74 Å². The van der Waals surface area contributed by atoms with Crippen molar-refractivity contribution in [3.05, 3.63) is 41.7 Å². The van der Waals surface area contributed by atoms with Crippen LogP contribution in [0.5, 0.6) is 5.75 Å². The zero-order valence-corrected chi connectivity index (χ0v) is 11.1. The second-order valence-electron chi connectivity index (χ2n) is 4.67. The van der Waals surface area contributed by atoms with Gasteiger partial charge in [-0.15, -0.1) is 0 Å². The summed E-state index contributed by atoms with van der Waals surface area (Å²) in [5.41, 5.74) is 8.04. The number of benzene rings is 1. The number of nitrogen functional groups attached to an aromatic ring is 1. The van der Waals surface area contributed by atoms with Crippen molar-refractivity contribution in [3.8, 4) is 5.75 Å². The molecule has 0 aliphatic carbocycles. The molecule has 0 aliphatic heterocycles. The summed E-state index contributed by atoms with van der Waals surface area (Å²) >= 11 is 0. The summed E-state index contributed by atoms with van der Waals surface area (Å²) in [6.07, 6.45) is 1.77. The topological polar surface area (TPSA) is 53.1 Å². The molecule has 0 bridgehead atoms. The van der Waals surface area contributed by atoms with Gasteiger partial charge in [0.25, 0.3) is 0 Å². The Morgan fingerprint density at radius 2 is 1.94 bits per heavy atom. The predicted octanol–water partition coefficient (Wildman–Crippen LogP) is 2.93. The number of hydrogen-bond acceptors (Lipinski definition) is 3. The lowest BCUT2D eigenvalue weighted by atomic mass is 10.2. The lowest BCUT2D eigenvalue weighted by Crippen LogP contribution is -2.11. The zero-order chi connectivity index (χ0) is 13.1. The Morgan fingerprint density at radius 3 is 2.56 bits per heavy atom. The molecule has 2 aromatic rings. The first-order chi connectivity index (χ1) is 8.58. The van der Waals surface area contributed by atoms with Crippen molar-refractivity contribution >= 4 is 5.95 Å². The Balaban J connectivity index is 2.08. The third-order valence-corrected chi connectivity index (χ3v) is 2.83. The number of rotatable bonds is 4. The number of nitrogens with two attached hydrogens (primary N) is 1. The molecule has 0 unspecified atom stereocenters. The molecule has 1 aromatic heterocycles. The van der Waals surface area contributed by atoms with E-state index in [0.717, 1.165) is 11.4 Å². The number of aromatic nitrogens is 2. The normalized spacial score (nSPS) is 10.9. The molecule has 0 saturated carbocycles. The average Bonchev–Trinajstić information content (AvgIpc) is 2.70. The SMILES string of the molecule is Cc1ccc(OCc2cnc(N)n2C(C)C)cc1. The Labute approximate surface area is 107 Å². The number of imidazole rings is 1. The zero-order valence-electron chi connectivity index (χ0n) is 11.1. The highest BCUT2D eigenvalue weighted by Crippen LogP contribution is 2.18. The highest BCUT2D eigenvalue weighted by molar-refractivity contribution is 5.27. The molecule has 96 valence electrons. The van der Waals surface area contributed by atoms with Crippen molar-refractivity contribution in [1.82, 2.24) is 9.55 Å². The Morgan fingerprint density at radius 1 is 1.28 bits per heavy atom. The average molecular weight is 245 g/mol. The largest absolute Gasteiger partial charge is 0.487 e. The summed E-state index contributed by atoms with van der Waals surface area (Å²) in [6.45, 7) is 6.69. The van der Waals surface area contributed by atoms with E-state index in [4.69, 9.17) is 10.5 Å². The fraction of sp³-hybridized carbons (Fsp3) is 0.357. The molecule has 1 aromatic carbocycles. The van der Waals surface area contributed by atoms with Gasteiger partial charge in [0, 0.05) is 6.04 Å². The maximum absolute atomic E-state index is 5.83. The Bertz CT molecular complexity index is 514. The van der Waals surface area contributed by atoms with Gasteiger partial charge in [0.1, 0.15) is 12.4 Å². The molecule has 0 radical (unpaired) electrons. The Hall–Kier alpha value is -1.97. The summed E-state index contributed by atoms with van der Waals surface area (Å²) in [4.78, 5) is 4.12. The summed E-state index contributed by atoms with van der Waals surface area (Å²) in [7, 11) is 0. The monoisotopic (exact) mass is 245 g/mol. The van der Waals surface area contributed by atoms with E-state index in [0.29, 0.717) is 12.6 Å². The van der Waals surface area contributed by atoms with Crippen LogP contribution in [0.15, 0.2) is 30.5 Å². The lowest BCUT2D eigenvalue weighted by Gasteiger charge is -2.14. The third-order valence-electron chi connectivity index (χ3n) is 2.83. The van der Waals surface area contributed by atoms with Crippen LogP contribution in [0, 0.1) is 6.92 Å². The van der Waals surface area contributed by atoms with Gasteiger partial charge in [-0.1, -0.05) is 17.7 Å². The first kappa shape index (κ1) is 12.5. The van der Waals surface area contributed by atoms with Crippen LogP contribution in [0.1, 0.15) is 31.1 Å². The first-order valence-corrected chi connectivity index (χ1v) is 6.09. The molecule has 2 N–H and O–H groups in total. The maximum Gasteiger partial charge on any atom is 0.200 e. The minimum absolute atomic E-state index is 0.282. The predicted molar refractivity (Wildman–Crippen MR) is 72.5 cm³/mol. The molecule has 4 nitrogen and oxygen atoms in total. The van der Waals surface area contributed by atoms with Crippen LogP contribution < -0.4 is 10.5 Å². The molecule has 2 rings (SSSR count). The molecule has 0 spiro atoms. The van der Waals surface area contributed by atoms with Crippen LogP contribution in [0.4, 0.5) is 5.95 Å². The van der Waals surface area contributed by atoms with Gasteiger partial charge in [-0.3, -0.25) is 0 Å². The van der Waals surface area contributed by atoms with E-state index >= 15 is 0 Å². The van der Waals surface area contributed by atoms with Crippen LogP contribution >= 0.6 is 0 Å². The fourth-order valence-corrected chi connectivity index (χ4v) is 1.91. The molecule has 0 amide bonds. The molecular formula is C14H19N3O. The molecule has 18 heavy (non-hydrogen) atoms. The van der Waals surface area contributed by atoms with Crippen molar-refractivity contribution in [2.75, 3.05) is 5.73 Å². The van der Waals surface area contributed by atoms with E-state index in [-0.39, 0.29) is 6.04 Å². The van der Waals surface area contributed by atoms with Gasteiger partial charge in [-0.25, -0.2) is 4.98 Å². The van der Waals surface area contributed by atoms with Crippen molar-refractivity contribution in [2.45, 2.75) is 33.4 Å². The van der Waals surface area contributed by atoms with E-state index in [1.807, 2.05) is 28.8 Å². The summed E-state index contributed by atoms with van der Waals surface area (Å²) in [5.74, 6) is 1.39. The minimum atomic E-state index is 0.282. The lowest BCUT2D eigenvalue weighted by molar-refractivity contribution is 0.292. The molecule has 4 heteroatoms. The number of aryl methyl sites for hydroxylation is 1. The van der Waals surface area contributed by atoms with Crippen LogP contribution in [0.2, 0.25) is 0 Å². The fourth-order valence-electron chi connectivity index (χ4n) is 1.91. The standard InChI is InChI=1S/C14H19N3O/c1-10(2)17-12(8-16-14(17)15)9-18-13-6-4-11(3)5-7-13/h4-8,10H,9H2,1-3H3,(H2,15,16). The van der Waals surface area contributed by atoms with Crippen LogP contribution in [0.3, 0.4) is 0 Å². The van der Waals surface area contributed by atoms with Gasteiger partial charge < -0.3 is 15.0 Å². The Kier molecular flexibility index (Phi) is 3.55. The molecular weight excluding hydrogens is 226 g/mol. The summed E-state index contributed by atoms with van der Waals surface area (Å²) in [5, 5.41) is 0. The maximum atomic E-state index is 5.83. The quantitative estimate of drug-likeness (QED) is 0.901. The van der Waals surface area contributed by atoms with Gasteiger partial charge in [0.2, 0.25) is 5.95 Å². The van der Waals surface area contributed by atoms with E-state index in [2.05, 4.69) is 25.8 Å². The van der Waals surface area contributed by atoms with Crippen LogP contribution in [-0.2, 0) is 6.61 Å². The van der Waals surface area contributed by atoms with Gasteiger partial charge in [-0.2, -0.15) is 0 Å². The van der Waals surface area contributed by atoms with Crippen molar-refractivity contribution in [1.29, 1.82) is 0 Å². The van der Waals surface area contributed by atoms with E-state index in [1.165, 1.54) is 5.56 Å². The highest BCUT2D eigenvalue weighted by atomic mass is 16.5. The molecule has 1 heterocycles. The van der Waals surface area contributed by atoms with E-state index in [1.54, 1.807) is 6.20 Å². The van der Waals surface area contributed by atoms with Gasteiger partial charge in [0.15, 0.2) is 0 Å². The van der Waals surface area contributed by atoms with Gasteiger partial charge in [0.05, 0.1) is 11.9 Å². The third kappa shape index (κ3) is 2.64. The number of ether oxygens (including phenoxy) is 1. The number of nitrogens with zero attached hydrogens (tertiary/aromatic N) is 2. The highest BCUT2D eigenvalue weighted by Gasteiger charge is 2.10. The second-order valence-corrected chi connectivity index (χ2v) is 4.67. The number of anilines is 1. The molecule has 0 fully saturated rings. The van der Waals surface area contributed by atoms with Crippen molar-refractivity contribution in [2.24, 2.45) is 0 Å². The molecule has 0 saturated heterocycles. The van der Waals surface area contributed by atoms with Crippen LogP contribution in [0.25, 0.3) is 0 Å². The minimum Gasteiger partial charge on any atom is -0.487 e. The van der Waals surface area contributed by atoms with Crippen molar-refractivity contribution in [3.63, 3.8) is 0 Å². The van der Waals surface area contributed by atoms with Crippen LogP contribution in [-0.4, -0.2) is 9.55 Å². The summed E-state index contributed by atoms with van der Waals surface area (Å²) in [6, 6.07) is 8.28. The molecule has 0 atom stereocenters.